The Balaban J connectivity index is 1.58. The standard InChI is InChI=1S/C23H27N5O5S/c1-17(15-33-2)27-34(31,32)21-8-6-19(7-9-21)26-23(30)18-4-3-5-20(14-18)25-22(29)10-12-28-13-11-24-16-28/h3-9,11,13-14,16-17,27H,10,12,15H2,1-2H3,(H,25,29)(H,26,30). The number of nitrogens with zero attached hydrogens (tertiary/aromatic N) is 2. The van der Waals surface area contributed by atoms with Crippen LogP contribution < -0.4 is 15.4 Å². The first-order valence-electron chi connectivity index (χ1n) is 10.5. The molecule has 0 aliphatic carbocycles. The minimum Gasteiger partial charge on any atom is -0.383 e. The van der Waals surface area contributed by atoms with Crippen LogP contribution in [0, 0.1) is 0 Å². The Hall–Kier alpha value is -3.54. The predicted octanol–water partition coefficient (Wildman–Crippen LogP) is 2.48. The van der Waals surface area contributed by atoms with Gasteiger partial charge in [0.25, 0.3) is 5.91 Å². The van der Waals surface area contributed by atoms with Crippen LogP contribution in [0.5, 0.6) is 0 Å². The number of hydrogen-bond acceptors (Lipinski definition) is 6. The normalized spacial score (nSPS) is 12.2. The highest BCUT2D eigenvalue weighted by Gasteiger charge is 2.17. The fourth-order valence-corrected chi connectivity index (χ4v) is 4.38. The van der Waals surface area contributed by atoms with Crippen molar-refractivity contribution in [3.8, 4) is 0 Å². The molecular formula is C23H27N5O5S. The Kier molecular flexibility index (Phi) is 8.52. The minimum absolute atomic E-state index is 0.0776. The molecule has 0 saturated heterocycles. The van der Waals surface area contributed by atoms with Gasteiger partial charge in [0.15, 0.2) is 0 Å². The third-order valence-electron chi connectivity index (χ3n) is 4.76. The number of aromatic nitrogens is 2. The van der Waals surface area contributed by atoms with Gasteiger partial charge in [-0.25, -0.2) is 18.1 Å². The molecule has 0 aliphatic heterocycles. The van der Waals surface area contributed by atoms with Crippen LogP contribution in [0.25, 0.3) is 0 Å². The molecule has 1 aromatic heterocycles. The first-order valence-corrected chi connectivity index (χ1v) is 12.0. The zero-order valence-corrected chi connectivity index (χ0v) is 19.7. The highest BCUT2D eigenvalue weighted by molar-refractivity contribution is 7.89. The topological polar surface area (TPSA) is 131 Å². The molecule has 1 atom stereocenters. The van der Waals surface area contributed by atoms with Crippen LogP contribution in [0.2, 0.25) is 0 Å². The summed E-state index contributed by atoms with van der Waals surface area (Å²) in [6.45, 7) is 2.45. The van der Waals surface area contributed by atoms with Crippen molar-refractivity contribution in [1.29, 1.82) is 0 Å². The summed E-state index contributed by atoms with van der Waals surface area (Å²) < 4.78 is 34.1. The second-order valence-electron chi connectivity index (χ2n) is 7.64. The molecule has 0 spiro atoms. The Morgan fingerprint density at radius 1 is 1.09 bits per heavy atom. The van der Waals surface area contributed by atoms with Gasteiger partial charge in [0.1, 0.15) is 0 Å². The van der Waals surface area contributed by atoms with Gasteiger partial charge in [-0.05, 0) is 49.4 Å². The van der Waals surface area contributed by atoms with Crippen LogP contribution in [-0.2, 0) is 26.1 Å². The van der Waals surface area contributed by atoms with Gasteiger partial charge >= 0.3 is 0 Å². The van der Waals surface area contributed by atoms with Crippen molar-refractivity contribution in [1.82, 2.24) is 14.3 Å². The summed E-state index contributed by atoms with van der Waals surface area (Å²) in [6, 6.07) is 12.0. The molecule has 1 unspecified atom stereocenters. The molecule has 0 saturated carbocycles. The molecule has 2 amide bonds. The lowest BCUT2D eigenvalue weighted by Gasteiger charge is -2.13. The number of carbonyl (C=O) groups is 2. The van der Waals surface area contributed by atoms with Crippen LogP contribution >= 0.6 is 0 Å². The summed E-state index contributed by atoms with van der Waals surface area (Å²) in [4.78, 5) is 28.9. The molecule has 0 radical (unpaired) electrons. The third kappa shape index (κ3) is 7.24. The molecule has 3 N–H and O–H groups in total. The highest BCUT2D eigenvalue weighted by atomic mass is 32.2. The fourth-order valence-electron chi connectivity index (χ4n) is 3.15. The summed E-state index contributed by atoms with van der Waals surface area (Å²) in [5, 5.41) is 5.50. The number of ether oxygens (including phenoxy) is 1. The van der Waals surface area contributed by atoms with Gasteiger partial charge in [-0.1, -0.05) is 6.07 Å². The van der Waals surface area contributed by atoms with E-state index in [-0.39, 0.29) is 29.9 Å². The van der Waals surface area contributed by atoms with Crippen molar-refractivity contribution < 1.29 is 22.7 Å². The Morgan fingerprint density at radius 3 is 2.53 bits per heavy atom. The number of hydrogen-bond donors (Lipinski definition) is 3. The van der Waals surface area contributed by atoms with E-state index in [0.29, 0.717) is 23.5 Å². The van der Waals surface area contributed by atoms with Gasteiger partial charge in [-0.3, -0.25) is 9.59 Å². The number of anilines is 2. The van der Waals surface area contributed by atoms with E-state index in [2.05, 4.69) is 20.3 Å². The predicted molar refractivity (Wildman–Crippen MR) is 128 cm³/mol. The second kappa shape index (κ2) is 11.5. The highest BCUT2D eigenvalue weighted by Crippen LogP contribution is 2.17. The van der Waals surface area contributed by atoms with E-state index in [0.717, 1.165) is 0 Å². The maximum atomic E-state index is 12.7. The molecule has 180 valence electrons. The summed E-state index contributed by atoms with van der Waals surface area (Å²) in [5.74, 6) is -0.576. The van der Waals surface area contributed by atoms with Gasteiger partial charge < -0.3 is 19.9 Å². The van der Waals surface area contributed by atoms with Crippen LogP contribution in [-0.4, -0.2) is 49.5 Å². The summed E-state index contributed by atoms with van der Waals surface area (Å²) in [6.07, 6.45) is 5.32. The Bertz CT molecular complexity index is 1210. The van der Waals surface area contributed by atoms with E-state index in [4.69, 9.17) is 4.74 Å². The molecule has 1 heterocycles. The average Bonchev–Trinajstić information content (AvgIpc) is 3.32. The SMILES string of the molecule is COCC(C)NS(=O)(=O)c1ccc(NC(=O)c2cccc(NC(=O)CCn3ccnc3)c2)cc1. The first kappa shape index (κ1) is 25.1. The molecular weight excluding hydrogens is 458 g/mol. The van der Waals surface area contributed by atoms with Crippen LogP contribution in [0.1, 0.15) is 23.7 Å². The number of amides is 2. The van der Waals surface area contributed by atoms with Crippen molar-refractivity contribution in [2.45, 2.75) is 30.8 Å². The van der Waals surface area contributed by atoms with Gasteiger partial charge in [0.05, 0.1) is 17.8 Å². The van der Waals surface area contributed by atoms with Crippen molar-refractivity contribution in [3.05, 3.63) is 72.8 Å². The number of aryl methyl sites for hydroxylation is 1. The van der Waals surface area contributed by atoms with Crippen LogP contribution in [0.4, 0.5) is 11.4 Å². The zero-order chi connectivity index (χ0) is 24.6. The number of methoxy groups -OCH3 is 1. The molecule has 0 fully saturated rings. The van der Waals surface area contributed by atoms with Gasteiger partial charge in [-0.15, -0.1) is 0 Å². The second-order valence-corrected chi connectivity index (χ2v) is 9.35. The lowest BCUT2D eigenvalue weighted by Crippen LogP contribution is -2.35. The number of sulfonamides is 1. The van der Waals surface area contributed by atoms with Crippen LogP contribution in [0.3, 0.4) is 0 Å². The number of benzene rings is 2. The maximum Gasteiger partial charge on any atom is 0.255 e. The molecule has 3 aromatic rings. The fraction of sp³-hybridized carbons (Fsp3) is 0.261. The van der Waals surface area contributed by atoms with Crippen molar-refractivity contribution in [3.63, 3.8) is 0 Å². The van der Waals surface area contributed by atoms with E-state index < -0.39 is 15.9 Å². The van der Waals surface area contributed by atoms with E-state index >= 15 is 0 Å². The molecule has 0 bridgehead atoms. The maximum absolute atomic E-state index is 12.7. The largest absolute Gasteiger partial charge is 0.383 e. The molecule has 11 heteroatoms. The number of carbonyl (C=O) groups excluding carboxylic acids is 2. The molecule has 0 aliphatic rings. The third-order valence-corrected chi connectivity index (χ3v) is 6.37. The van der Waals surface area contributed by atoms with E-state index in [1.165, 1.54) is 31.4 Å². The number of imidazole rings is 1. The quantitative estimate of drug-likeness (QED) is 0.382. The smallest absolute Gasteiger partial charge is 0.255 e. The average molecular weight is 486 g/mol. The van der Waals surface area contributed by atoms with Crippen molar-refractivity contribution in [2.75, 3.05) is 24.4 Å². The Labute approximate surface area is 198 Å². The van der Waals surface area contributed by atoms with Gasteiger partial charge in [0.2, 0.25) is 15.9 Å². The lowest BCUT2D eigenvalue weighted by atomic mass is 10.1. The summed E-state index contributed by atoms with van der Waals surface area (Å²) in [7, 11) is -2.21. The molecule has 3 rings (SSSR count). The van der Waals surface area contributed by atoms with Gasteiger partial charge in [0, 0.05) is 55.4 Å². The first-order chi connectivity index (χ1) is 16.3. The zero-order valence-electron chi connectivity index (χ0n) is 18.9. The Morgan fingerprint density at radius 2 is 1.85 bits per heavy atom. The summed E-state index contributed by atoms with van der Waals surface area (Å²) >= 11 is 0. The lowest BCUT2D eigenvalue weighted by molar-refractivity contribution is -0.116. The monoisotopic (exact) mass is 485 g/mol. The van der Waals surface area contributed by atoms with Crippen molar-refractivity contribution >= 4 is 33.2 Å². The molecule has 10 nitrogen and oxygen atoms in total. The molecule has 34 heavy (non-hydrogen) atoms. The minimum atomic E-state index is -3.70. The van der Waals surface area contributed by atoms with E-state index in [1.54, 1.807) is 54.5 Å². The van der Waals surface area contributed by atoms with Crippen molar-refractivity contribution in [2.24, 2.45) is 0 Å². The van der Waals surface area contributed by atoms with E-state index in [9.17, 15) is 18.0 Å². The van der Waals surface area contributed by atoms with Crippen LogP contribution in [0.15, 0.2) is 72.1 Å². The summed E-state index contributed by atoms with van der Waals surface area (Å²) in [5.41, 5.74) is 1.28. The number of rotatable bonds is 11. The number of nitrogens with one attached hydrogen (secondary N) is 3. The molecule has 2 aromatic carbocycles. The van der Waals surface area contributed by atoms with Gasteiger partial charge in [-0.2, -0.15) is 0 Å². The van der Waals surface area contributed by atoms with E-state index in [1.807, 2.05) is 0 Å².